The molecule has 1 amide bonds. The van der Waals surface area contributed by atoms with E-state index in [9.17, 15) is 9.59 Å². The number of imidazole rings is 1. The van der Waals surface area contributed by atoms with Crippen LogP contribution in [0.1, 0.15) is 58.8 Å². The highest BCUT2D eigenvalue weighted by Gasteiger charge is 2.45. The molecule has 6 bridgehead atoms. The van der Waals surface area contributed by atoms with E-state index in [1.54, 1.807) is 62.1 Å². The monoisotopic (exact) mass is 728 g/mol. The Hall–Kier alpha value is -5.11. The Bertz CT molecular complexity index is 2230. The molecule has 2 fully saturated rings. The largest absolute Gasteiger partial charge is 0.459 e. The van der Waals surface area contributed by atoms with Crippen LogP contribution in [0.2, 0.25) is 0 Å². The molecule has 5 aromatic rings. The van der Waals surface area contributed by atoms with E-state index in [1.165, 1.54) is 0 Å². The molecule has 4 aliphatic rings. The number of carbonyl (C=O) groups is 2. The first-order valence-electron chi connectivity index (χ1n) is 18.1. The molecule has 4 atom stereocenters. The minimum atomic E-state index is -3.62. The minimum absolute atomic E-state index is 0.0273. The summed E-state index contributed by atoms with van der Waals surface area (Å²) >= 11 is 0. The molecule has 0 unspecified atom stereocenters. The standard InChI is InChI=1S/C39H42F2N6O6/c1-23-20-45-17-16-27(23)47-28-13-7-6-12-26(28)42-37(47)51-24-19-29(35(49)53-38(2,3)4)46(21-24)34-33-32(25-11-5-8-14-30(25)52-33)43-36(44-34)39(40,41)22-50-18-10-9-15-31(45)48/h5-14,23-24,27,29H,15-22H2,1-4H3/b10-9-/t23-,24-,27-,29-/m0/s1. The Labute approximate surface area is 304 Å². The third-order valence-electron chi connectivity index (χ3n) is 10.1. The number of benzene rings is 2. The molecule has 0 saturated carbocycles. The number of anilines is 1. The minimum Gasteiger partial charge on any atom is -0.459 e. The fraction of sp³-hybridized carbons (Fsp3) is 0.462. The van der Waals surface area contributed by atoms with Crippen molar-refractivity contribution in [2.75, 3.05) is 37.7 Å². The van der Waals surface area contributed by atoms with E-state index in [2.05, 4.69) is 21.5 Å². The fourth-order valence-corrected chi connectivity index (χ4v) is 7.66. The van der Waals surface area contributed by atoms with Gasteiger partial charge in [-0.05, 0) is 57.4 Å². The topological polar surface area (TPSA) is 125 Å². The van der Waals surface area contributed by atoms with Gasteiger partial charge < -0.3 is 28.4 Å². The maximum absolute atomic E-state index is 16.0. The van der Waals surface area contributed by atoms with Crippen LogP contribution in [0.4, 0.5) is 14.6 Å². The number of para-hydroxylation sites is 3. The number of carbonyl (C=O) groups excluding carboxylic acids is 2. The van der Waals surface area contributed by atoms with Gasteiger partial charge in [0, 0.05) is 37.4 Å². The van der Waals surface area contributed by atoms with Gasteiger partial charge in [-0.3, -0.25) is 9.36 Å². The number of aromatic nitrogens is 4. The predicted molar refractivity (Wildman–Crippen MR) is 193 cm³/mol. The van der Waals surface area contributed by atoms with Gasteiger partial charge in [0.15, 0.2) is 11.4 Å². The molecule has 3 aromatic heterocycles. The number of alkyl halides is 2. The number of amides is 1. The van der Waals surface area contributed by atoms with Gasteiger partial charge in [-0.1, -0.05) is 43.3 Å². The van der Waals surface area contributed by atoms with Crippen LogP contribution in [-0.2, 0) is 25.0 Å². The highest BCUT2D eigenvalue weighted by atomic mass is 19.3. The first kappa shape index (κ1) is 34.9. The summed E-state index contributed by atoms with van der Waals surface area (Å²) in [5, 5.41) is 0.525. The van der Waals surface area contributed by atoms with Crippen LogP contribution in [0.25, 0.3) is 33.1 Å². The zero-order valence-corrected chi connectivity index (χ0v) is 30.1. The van der Waals surface area contributed by atoms with Gasteiger partial charge in [0.05, 0.1) is 24.2 Å². The van der Waals surface area contributed by atoms with Crippen molar-refractivity contribution >= 4 is 50.8 Å². The summed E-state index contributed by atoms with van der Waals surface area (Å²) in [4.78, 5) is 44.3. The second-order valence-electron chi connectivity index (χ2n) is 15.1. The Balaban J connectivity index is 1.27. The summed E-state index contributed by atoms with van der Waals surface area (Å²) < 4.78 is 58.4. The molecule has 53 heavy (non-hydrogen) atoms. The fourth-order valence-electron chi connectivity index (χ4n) is 7.66. The maximum atomic E-state index is 16.0. The zero-order chi connectivity index (χ0) is 37.1. The number of hydrogen-bond donors (Lipinski definition) is 0. The third kappa shape index (κ3) is 6.68. The number of esters is 1. The van der Waals surface area contributed by atoms with Crippen molar-refractivity contribution in [2.45, 2.75) is 76.7 Å². The number of ether oxygens (including phenoxy) is 3. The van der Waals surface area contributed by atoms with Gasteiger partial charge in [0.2, 0.25) is 11.7 Å². The molecule has 12 nitrogen and oxygen atoms in total. The first-order chi connectivity index (χ1) is 25.4. The van der Waals surface area contributed by atoms with Crippen LogP contribution in [0.15, 0.2) is 65.1 Å². The second kappa shape index (κ2) is 13.4. The lowest BCUT2D eigenvalue weighted by Gasteiger charge is -2.38. The summed E-state index contributed by atoms with van der Waals surface area (Å²) in [5.74, 6) is -4.90. The molecule has 2 saturated heterocycles. The Morgan fingerprint density at radius 1 is 1.02 bits per heavy atom. The van der Waals surface area contributed by atoms with Crippen LogP contribution in [0, 0.1) is 5.92 Å². The lowest BCUT2D eigenvalue weighted by molar-refractivity contribution is -0.156. The maximum Gasteiger partial charge on any atom is 0.329 e. The third-order valence-corrected chi connectivity index (χ3v) is 10.1. The number of halogens is 2. The summed E-state index contributed by atoms with van der Waals surface area (Å²) in [6.45, 7) is 7.46. The molecular formula is C39H42F2N6O6. The number of hydrogen-bond acceptors (Lipinski definition) is 10. The van der Waals surface area contributed by atoms with Crippen molar-refractivity contribution in [3.05, 3.63) is 66.5 Å². The number of nitrogens with zero attached hydrogens (tertiary/aromatic N) is 6. The SMILES string of the molecule is C[C@H]1CN2CC[C@@H]1n1c(nc3ccccc31)O[C@H]1C[C@@H](C(=O)OC(C)(C)C)N(C1)c1nc(nc3c1oc1ccccc13)C(F)(F)COC/C=C\CC2=O. The zero-order valence-electron chi connectivity index (χ0n) is 30.1. The number of furan rings is 1. The van der Waals surface area contributed by atoms with E-state index < -0.39 is 42.1 Å². The Morgan fingerprint density at radius 2 is 1.81 bits per heavy atom. The van der Waals surface area contributed by atoms with Gasteiger partial charge in [0.25, 0.3) is 6.01 Å². The average molecular weight is 729 g/mol. The molecule has 9 rings (SSSR count). The number of piperidine rings is 1. The molecule has 278 valence electrons. The highest BCUT2D eigenvalue weighted by molar-refractivity contribution is 6.06. The quantitative estimate of drug-likeness (QED) is 0.138. The molecule has 0 N–H and O–H groups in total. The van der Waals surface area contributed by atoms with Crippen LogP contribution < -0.4 is 9.64 Å². The Kier molecular flexibility index (Phi) is 8.83. The number of rotatable bonds is 1. The van der Waals surface area contributed by atoms with Crippen molar-refractivity contribution in [3.63, 3.8) is 0 Å². The van der Waals surface area contributed by atoms with Crippen molar-refractivity contribution < 1.29 is 37.0 Å². The summed E-state index contributed by atoms with van der Waals surface area (Å²) in [6, 6.07) is 14.2. The molecule has 0 radical (unpaired) electrons. The van der Waals surface area contributed by atoms with Gasteiger partial charge in [-0.25, -0.2) is 14.8 Å². The smallest absolute Gasteiger partial charge is 0.329 e. The summed E-state index contributed by atoms with van der Waals surface area (Å²) in [5.41, 5.74) is 1.61. The van der Waals surface area contributed by atoms with E-state index in [-0.39, 0.29) is 60.8 Å². The molecule has 0 aliphatic carbocycles. The van der Waals surface area contributed by atoms with Crippen LogP contribution >= 0.6 is 0 Å². The van der Waals surface area contributed by atoms with Gasteiger partial charge >= 0.3 is 11.9 Å². The van der Waals surface area contributed by atoms with E-state index in [1.807, 2.05) is 29.2 Å². The highest BCUT2D eigenvalue weighted by Crippen LogP contribution is 2.41. The van der Waals surface area contributed by atoms with E-state index in [0.717, 1.165) is 11.0 Å². The molecule has 14 heteroatoms. The molecule has 2 aromatic carbocycles. The lowest BCUT2D eigenvalue weighted by Crippen LogP contribution is -2.43. The van der Waals surface area contributed by atoms with Crippen molar-refractivity contribution in [2.24, 2.45) is 5.92 Å². The normalized spacial score (nSPS) is 24.6. The van der Waals surface area contributed by atoms with Gasteiger partial charge in [-0.15, -0.1) is 0 Å². The van der Waals surface area contributed by atoms with E-state index in [0.29, 0.717) is 36.5 Å². The Morgan fingerprint density at radius 3 is 2.62 bits per heavy atom. The predicted octanol–water partition coefficient (Wildman–Crippen LogP) is 6.57. The van der Waals surface area contributed by atoms with Crippen molar-refractivity contribution in [1.82, 2.24) is 24.4 Å². The van der Waals surface area contributed by atoms with Crippen LogP contribution in [0.3, 0.4) is 0 Å². The van der Waals surface area contributed by atoms with Gasteiger partial charge in [0.1, 0.15) is 35.5 Å². The van der Waals surface area contributed by atoms with Crippen molar-refractivity contribution in [3.8, 4) is 6.01 Å². The summed E-state index contributed by atoms with van der Waals surface area (Å²) in [6.07, 6.45) is 3.56. The number of fused-ring (bicyclic) bond motifs is 12. The second-order valence-corrected chi connectivity index (χ2v) is 15.1. The van der Waals surface area contributed by atoms with E-state index >= 15 is 8.78 Å². The van der Waals surface area contributed by atoms with Crippen LogP contribution in [0.5, 0.6) is 6.01 Å². The molecule has 0 spiro atoms. The van der Waals surface area contributed by atoms with Gasteiger partial charge in [-0.2, -0.15) is 13.8 Å². The molecule has 7 heterocycles. The van der Waals surface area contributed by atoms with E-state index in [4.69, 9.17) is 23.6 Å². The van der Waals surface area contributed by atoms with Crippen molar-refractivity contribution in [1.29, 1.82) is 0 Å². The molecule has 4 aliphatic heterocycles. The van der Waals surface area contributed by atoms with Crippen LogP contribution in [-0.4, -0.2) is 86.9 Å². The first-order valence-corrected chi connectivity index (χ1v) is 18.1. The average Bonchev–Trinajstić information content (AvgIpc) is 3.81. The lowest BCUT2D eigenvalue weighted by atomic mass is 9.93. The summed E-state index contributed by atoms with van der Waals surface area (Å²) in [7, 11) is 0. The molecular weight excluding hydrogens is 686 g/mol.